The van der Waals surface area contributed by atoms with Crippen molar-refractivity contribution in [1.29, 1.82) is 0 Å². The largest absolute Gasteiger partial charge is 0.443 e. The van der Waals surface area contributed by atoms with Crippen LogP contribution >= 0.6 is 0 Å². The van der Waals surface area contributed by atoms with Crippen molar-refractivity contribution in [3.63, 3.8) is 0 Å². The molecule has 0 radical (unpaired) electrons. The van der Waals surface area contributed by atoms with Gasteiger partial charge in [-0.15, -0.1) is 0 Å². The quantitative estimate of drug-likeness (QED) is 0.867. The first-order chi connectivity index (χ1) is 10.6. The Labute approximate surface area is 140 Å². The predicted octanol–water partition coefficient (Wildman–Crippen LogP) is 4.83. The van der Waals surface area contributed by atoms with Crippen LogP contribution in [0.3, 0.4) is 0 Å². The van der Waals surface area contributed by atoms with Crippen LogP contribution in [0.15, 0.2) is 18.2 Å². The van der Waals surface area contributed by atoms with E-state index in [1.807, 2.05) is 32.9 Å². The van der Waals surface area contributed by atoms with E-state index in [-0.39, 0.29) is 6.09 Å². The van der Waals surface area contributed by atoms with Crippen LogP contribution in [-0.2, 0) is 11.2 Å². The number of fused-ring (bicyclic) bond motifs is 1. The zero-order valence-corrected chi connectivity index (χ0v) is 15.3. The van der Waals surface area contributed by atoms with E-state index in [0.717, 1.165) is 30.8 Å². The van der Waals surface area contributed by atoms with Gasteiger partial charge in [0.25, 0.3) is 0 Å². The van der Waals surface area contributed by atoms with Gasteiger partial charge in [0.2, 0.25) is 0 Å². The minimum atomic E-state index is -0.464. The van der Waals surface area contributed by atoms with E-state index in [0.29, 0.717) is 12.0 Å². The van der Waals surface area contributed by atoms with Gasteiger partial charge in [-0.2, -0.15) is 0 Å². The molecule has 1 aromatic carbocycles. The summed E-state index contributed by atoms with van der Waals surface area (Å²) in [5.74, 6) is 0. The van der Waals surface area contributed by atoms with E-state index in [1.54, 1.807) is 4.90 Å². The monoisotopic (exact) mass is 318 g/mol. The number of amides is 1. The molecule has 0 saturated heterocycles. The topological polar surface area (TPSA) is 41.6 Å². The molecule has 128 valence electrons. The highest BCUT2D eigenvalue weighted by molar-refractivity contribution is 5.91. The molecule has 1 amide bonds. The molecule has 0 aliphatic carbocycles. The second kappa shape index (κ2) is 6.42. The fraction of sp³-hybridized carbons (Fsp3) is 0.632. The fourth-order valence-corrected chi connectivity index (χ4v) is 2.60. The Hall–Kier alpha value is -1.71. The molecule has 0 bridgehead atoms. The van der Waals surface area contributed by atoms with E-state index in [2.05, 4.69) is 32.2 Å². The Kier molecular flexibility index (Phi) is 4.92. The van der Waals surface area contributed by atoms with Crippen molar-refractivity contribution in [3.8, 4) is 0 Å². The summed E-state index contributed by atoms with van der Waals surface area (Å²) in [4.78, 5) is 14.0. The van der Waals surface area contributed by atoms with Gasteiger partial charge in [0, 0.05) is 18.8 Å². The normalized spacial score (nSPS) is 14.6. The highest BCUT2D eigenvalue weighted by Gasteiger charge is 2.28. The van der Waals surface area contributed by atoms with Crippen molar-refractivity contribution in [2.45, 2.75) is 60.0 Å². The van der Waals surface area contributed by atoms with Crippen LogP contribution in [0.2, 0.25) is 0 Å². The molecule has 4 nitrogen and oxygen atoms in total. The second-order valence-corrected chi connectivity index (χ2v) is 8.46. The van der Waals surface area contributed by atoms with Crippen molar-refractivity contribution in [3.05, 3.63) is 23.8 Å². The third-order valence-electron chi connectivity index (χ3n) is 3.79. The predicted molar refractivity (Wildman–Crippen MR) is 96.3 cm³/mol. The van der Waals surface area contributed by atoms with Gasteiger partial charge < -0.3 is 10.1 Å². The van der Waals surface area contributed by atoms with E-state index >= 15 is 0 Å². The van der Waals surface area contributed by atoms with E-state index in [1.165, 1.54) is 5.56 Å². The summed E-state index contributed by atoms with van der Waals surface area (Å²) in [6.45, 7) is 14.1. The maximum absolute atomic E-state index is 12.3. The van der Waals surface area contributed by atoms with E-state index in [4.69, 9.17) is 4.74 Å². The minimum absolute atomic E-state index is 0.260. The highest BCUT2D eigenvalue weighted by atomic mass is 16.6. The number of benzene rings is 1. The van der Waals surface area contributed by atoms with Gasteiger partial charge in [-0.1, -0.05) is 20.8 Å². The minimum Gasteiger partial charge on any atom is -0.443 e. The molecule has 23 heavy (non-hydrogen) atoms. The van der Waals surface area contributed by atoms with Gasteiger partial charge in [0.05, 0.1) is 5.69 Å². The molecule has 0 aromatic heterocycles. The van der Waals surface area contributed by atoms with Gasteiger partial charge in [-0.25, -0.2) is 4.79 Å². The van der Waals surface area contributed by atoms with E-state index < -0.39 is 5.60 Å². The molecule has 1 heterocycles. The summed E-state index contributed by atoms with van der Waals surface area (Å²) in [6.07, 6.45) is 1.74. The lowest BCUT2D eigenvalue weighted by molar-refractivity contribution is 0.0584. The first-order valence-corrected chi connectivity index (χ1v) is 8.42. The molecular weight excluding hydrogens is 288 g/mol. The first-order valence-electron chi connectivity index (χ1n) is 8.42. The third-order valence-corrected chi connectivity index (χ3v) is 3.79. The van der Waals surface area contributed by atoms with Crippen molar-refractivity contribution in [1.82, 2.24) is 0 Å². The highest BCUT2D eigenvalue weighted by Crippen LogP contribution is 2.32. The number of hydrogen-bond donors (Lipinski definition) is 1. The molecule has 0 atom stereocenters. The number of nitrogens with one attached hydrogen (secondary N) is 1. The van der Waals surface area contributed by atoms with Gasteiger partial charge in [-0.05, 0) is 62.8 Å². The standard InChI is InChI=1S/C19H30N2O2/c1-18(2,3)10-11-20-15-7-8-16-14(13-15)9-12-21(16)17(22)23-19(4,5)6/h7-8,13,20H,9-12H2,1-6H3. The van der Waals surface area contributed by atoms with Gasteiger partial charge in [0.1, 0.15) is 5.60 Å². The lowest BCUT2D eigenvalue weighted by atomic mass is 9.92. The van der Waals surface area contributed by atoms with Crippen LogP contribution in [0.25, 0.3) is 0 Å². The average molecular weight is 318 g/mol. The van der Waals surface area contributed by atoms with Gasteiger partial charge in [0.15, 0.2) is 0 Å². The van der Waals surface area contributed by atoms with Crippen molar-refractivity contribution in [2.24, 2.45) is 5.41 Å². The summed E-state index contributed by atoms with van der Waals surface area (Å²) >= 11 is 0. The summed E-state index contributed by atoms with van der Waals surface area (Å²) < 4.78 is 5.48. The molecule has 0 unspecified atom stereocenters. The molecule has 2 rings (SSSR count). The van der Waals surface area contributed by atoms with Crippen LogP contribution in [-0.4, -0.2) is 24.8 Å². The van der Waals surface area contributed by atoms with Crippen molar-refractivity contribution in [2.75, 3.05) is 23.3 Å². The third kappa shape index (κ3) is 5.15. The number of carbonyl (C=O) groups excluding carboxylic acids is 1. The molecule has 1 aromatic rings. The number of hydrogen-bond acceptors (Lipinski definition) is 3. The zero-order valence-electron chi connectivity index (χ0n) is 15.3. The summed E-state index contributed by atoms with van der Waals surface area (Å²) in [5.41, 5.74) is 3.17. The van der Waals surface area contributed by atoms with Crippen LogP contribution in [0, 0.1) is 5.41 Å². The molecule has 1 aliphatic heterocycles. The summed E-state index contributed by atoms with van der Waals surface area (Å²) in [5, 5.41) is 3.48. The number of nitrogens with zero attached hydrogens (tertiary/aromatic N) is 1. The van der Waals surface area contributed by atoms with Crippen LogP contribution in [0.5, 0.6) is 0 Å². The first kappa shape index (κ1) is 17.6. The Balaban J connectivity index is 2.01. The lowest BCUT2D eigenvalue weighted by Crippen LogP contribution is -2.35. The molecular formula is C19H30N2O2. The Morgan fingerprint density at radius 3 is 2.52 bits per heavy atom. The van der Waals surface area contributed by atoms with Gasteiger partial charge >= 0.3 is 6.09 Å². The molecule has 4 heteroatoms. The second-order valence-electron chi connectivity index (χ2n) is 8.46. The number of ether oxygens (including phenoxy) is 1. The fourth-order valence-electron chi connectivity index (χ4n) is 2.60. The van der Waals surface area contributed by atoms with Crippen LogP contribution in [0.4, 0.5) is 16.2 Å². The average Bonchev–Trinajstić information content (AvgIpc) is 2.78. The maximum Gasteiger partial charge on any atom is 0.414 e. The molecule has 0 fully saturated rings. The molecule has 1 aliphatic rings. The molecule has 0 saturated carbocycles. The Morgan fingerprint density at radius 1 is 1.22 bits per heavy atom. The zero-order chi connectivity index (χ0) is 17.3. The maximum atomic E-state index is 12.3. The summed E-state index contributed by atoms with van der Waals surface area (Å²) in [7, 11) is 0. The molecule has 0 spiro atoms. The van der Waals surface area contributed by atoms with Crippen LogP contribution < -0.4 is 10.2 Å². The van der Waals surface area contributed by atoms with Gasteiger partial charge in [-0.3, -0.25) is 4.90 Å². The van der Waals surface area contributed by atoms with Crippen LogP contribution in [0.1, 0.15) is 53.5 Å². The number of rotatable bonds is 3. The SMILES string of the molecule is CC(C)(C)CCNc1ccc2c(c1)CCN2C(=O)OC(C)(C)C. The van der Waals surface area contributed by atoms with E-state index in [9.17, 15) is 4.79 Å². The lowest BCUT2D eigenvalue weighted by Gasteiger charge is -2.25. The summed E-state index contributed by atoms with van der Waals surface area (Å²) in [6, 6.07) is 6.22. The van der Waals surface area contributed by atoms with Crippen molar-refractivity contribution >= 4 is 17.5 Å². The Morgan fingerprint density at radius 2 is 1.91 bits per heavy atom. The number of carbonyl (C=O) groups is 1. The van der Waals surface area contributed by atoms with Crippen molar-refractivity contribution < 1.29 is 9.53 Å². The Bertz CT molecular complexity index is 568. The molecule has 1 N–H and O–H groups in total. The smallest absolute Gasteiger partial charge is 0.414 e. The number of anilines is 2.